The average molecular weight is 462 g/mol. The molecule has 2 heterocycles. The van der Waals surface area contributed by atoms with Crippen LogP contribution in [0.2, 0.25) is 0 Å². The molecule has 33 heavy (non-hydrogen) atoms. The number of nitrogens with zero attached hydrogens (tertiary/aromatic N) is 3. The van der Waals surface area contributed by atoms with Crippen LogP contribution in [0.1, 0.15) is 12.5 Å². The van der Waals surface area contributed by atoms with Crippen molar-refractivity contribution < 1.29 is 19.0 Å². The van der Waals surface area contributed by atoms with Crippen molar-refractivity contribution in [3.8, 4) is 17.2 Å². The van der Waals surface area contributed by atoms with Crippen molar-refractivity contribution in [3.63, 3.8) is 0 Å². The lowest BCUT2D eigenvalue weighted by Crippen LogP contribution is -2.28. The van der Waals surface area contributed by atoms with Crippen LogP contribution >= 0.6 is 11.8 Å². The van der Waals surface area contributed by atoms with Crippen LogP contribution in [0.4, 0.5) is 11.5 Å². The highest BCUT2D eigenvalue weighted by molar-refractivity contribution is 8.19. The molecule has 0 N–H and O–H groups in total. The number of methoxy groups -OCH3 is 2. The molecule has 3 aromatic rings. The van der Waals surface area contributed by atoms with Crippen LogP contribution in [0.5, 0.6) is 17.2 Å². The Kier molecular flexibility index (Phi) is 6.95. The number of thioether (sulfide) groups is 1. The van der Waals surface area contributed by atoms with Crippen molar-refractivity contribution in [2.24, 2.45) is 4.99 Å². The van der Waals surface area contributed by atoms with Crippen LogP contribution in [0.3, 0.4) is 0 Å². The summed E-state index contributed by atoms with van der Waals surface area (Å²) in [4.78, 5) is 24.5. The van der Waals surface area contributed by atoms with Crippen LogP contribution < -0.4 is 19.1 Å². The van der Waals surface area contributed by atoms with Crippen LogP contribution in [0, 0.1) is 0 Å². The maximum Gasteiger partial charge on any atom is 0.271 e. The summed E-state index contributed by atoms with van der Waals surface area (Å²) in [7, 11) is 3.18. The normalized spacial score (nSPS) is 15.8. The van der Waals surface area contributed by atoms with Gasteiger partial charge in [0.15, 0.2) is 11.0 Å². The number of aromatic nitrogens is 1. The number of hydrogen-bond donors (Lipinski definition) is 0. The van der Waals surface area contributed by atoms with E-state index in [1.807, 2.05) is 55.5 Å². The Bertz CT molecular complexity index is 1190. The van der Waals surface area contributed by atoms with E-state index in [4.69, 9.17) is 14.2 Å². The second kappa shape index (κ2) is 10.2. The molecule has 1 saturated heterocycles. The zero-order valence-corrected chi connectivity index (χ0v) is 19.3. The van der Waals surface area contributed by atoms with Crippen LogP contribution in [-0.2, 0) is 4.79 Å². The Morgan fingerprint density at radius 1 is 1.03 bits per heavy atom. The first-order valence-corrected chi connectivity index (χ1v) is 11.1. The Hall–Kier alpha value is -3.78. The number of anilines is 1. The number of aliphatic imine (C=N–C) groups is 1. The number of carbonyl (C=O) groups is 1. The van der Waals surface area contributed by atoms with Gasteiger partial charge in [-0.05, 0) is 73.3 Å². The van der Waals surface area contributed by atoms with Crippen LogP contribution in [-0.4, -0.2) is 36.9 Å². The van der Waals surface area contributed by atoms with Gasteiger partial charge in [0, 0.05) is 17.8 Å². The number of amidine groups is 1. The molecule has 4 rings (SSSR count). The van der Waals surface area contributed by atoms with Gasteiger partial charge in [-0.25, -0.2) is 9.98 Å². The fourth-order valence-electron chi connectivity index (χ4n) is 3.23. The number of pyridine rings is 1. The lowest BCUT2D eigenvalue weighted by molar-refractivity contribution is -0.113. The number of hydrogen-bond acceptors (Lipinski definition) is 7. The molecule has 1 aromatic heterocycles. The third kappa shape index (κ3) is 5.01. The largest absolute Gasteiger partial charge is 0.497 e. The van der Waals surface area contributed by atoms with Gasteiger partial charge in [0.25, 0.3) is 5.91 Å². The molecule has 0 spiro atoms. The maximum atomic E-state index is 13.5. The van der Waals surface area contributed by atoms with Gasteiger partial charge in [0.05, 0.1) is 31.4 Å². The van der Waals surface area contributed by atoms with Crippen molar-refractivity contribution in [1.82, 2.24) is 4.98 Å². The van der Waals surface area contributed by atoms with Gasteiger partial charge in [0.1, 0.15) is 17.2 Å². The molecule has 0 aliphatic carbocycles. The number of ether oxygens (including phenoxy) is 3. The van der Waals surface area contributed by atoms with E-state index >= 15 is 0 Å². The fourth-order valence-corrected chi connectivity index (χ4v) is 4.21. The van der Waals surface area contributed by atoms with Crippen LogP contribution in [0.25, 0.3) is 6.08 Å². The highest BCUT2D eigenvalue weighted by Gasteiger charge is 2.35. The Balaban J connectivity index is 1.75. The SMILES string of the molecule is CCOc1ccc(N2C(=O)/C(=C/c3ccc(OC)cc3OC)S/C2=N\c2ccccn2)cc1. The predicted molar refractivity (Wildman–Crippen MR) is 132 cm³/mol. The summed E-state index contributed by atoms with van der Waals surface area (Å²) in [6.45, 7) is 2.50. The molecule has 1 fully saturated rings. The fraction of sp³-hybridized carbons (Fsp3) is 0.160. The predicted octanol–water partition coefficient (Wildman–Crippen LogP) is 5.31. The molecule has 168 valence electrons. The smallest absolute Gasteiger partial charge is 0.271 e. The number of rotatable bonds is 7. The lowest BCUT2D eigenvalue weighted by Gasteiger charge is -2.16. The highest BCUT2D eigenvalue weighted by atomic mass is 32.2. The molecule has 8 heteroatoms. The number of amides is 1. The molecule has 1 aliphatic heterocycles. The quantitative estimate of drug-likeness (QED) is 0.444. The summed E-state index contributed by atoms with van der Waals surface area (Å²) in [5.41, 5.74) is 1.45. The summed E-state index contributed by atoms with van der Waals surface area (Å²) in [6.07, 6.45) is 3.47. The van der Waals surface area contributed by atoms with E-state index in [-0.39, 0.29) is 5.91 Å². The van der Waals surface area contributed by atoms with E-state index in [9.17, 15) is 4.79 Å². The third-order valence-electron chi connectivity index (χ3n) is 4.80. The zero-order valence-electron chi connectivity index (χ0n) is 18.5. The van der Waals surface area contributed by atoms with E-state index < -0.39 is 0 Å². The highest BCUT2D eigenvalue weighted by Crippen LogP contribution is 2.39. The molecule has 2 aromatic carbocycles. The maximum absolute atomic E-state index is 13.5. The van der Waals surface area contributed by atoms with Gasteiger partial charge < -0.3 is 14.2 Å². The molecule has 0 atom stereocenters. The van der Waals surface area contributed by atoms with Crippen molar-refractivity contribution in [2.45, 2.75) is 6.92 Å². The van der Waals surface area contributed by atoms with Crippen molar-refractivity contribution in [3.05, 3.63) is 77.3 Å². The molecule has 0 bridgehead atoms. The number of benzene rings is 2. The lowest BCUT2D eigenvalue weighted by atomic mass is 10.1. The van der Waals surface area contributed by atoms with Gasteiger partial charge in [-0.15, -0.1) is 0 Å². The number of carbonyl (C=O) groups excluding carboxylic acids is 1. The minimum Gasteiger partial charge on any atom is -0.497 e. The minimum atomic E-state index is -0.184. The van der Waals surface area contributed by atoms with E-state index in [1.54, 1.807) is 43.5 Å². The molecule has 1 aliphatic rings. The topological polar surface area (TPSA) is 73.2 Å². The van der Waals surface area contributed by atoms with Gasteiger partial charge in [0.2, 0.25) is 0 Å². The summed E-state index contributed by atoms with van der Waals surface area (Å²) in [5.74, 6) is 2.36. The molecule has 7 nitrogen and oxygen atoms in total. The third-order valence-corrected chi connectivity index (χ3v) is 5.77. The van der Waals surface area contributed by atoms with Crippen molar-refractivity contribution in [1.29, 1.82) is 0 Å². The standard InChI is InChI=1S/C25H23N3O4S/c1-4-32-19-12-9-18(10-13-19)28-24(29)22(33-25(28)27-23-7-5-6-14-26-23)15-17-8-11-20(30-2)16-21(17)31-3/h5-16H,4H2,1-3H3/b22-15-,27-25-. The monoisotopic (exact) mass is 461 g/mol. The summed E-state index contributed by atoms with van der Waals surface area (Å²) in [5, 5.41) is 0.515. The molecular formula is C25H23N3O4S. The molecule has 0 radical (unpaired) electrons. The molecule has 0 unspecified atom stereocenters. The second-order valence-electron chi connectivity index (χ2n) is 6.87. The molecular weight excluding hydrogens is 438 g/mol. The van der Waals surface area contributed by atoms with E-state index in [0.29, 0.717) is 39.7 Å². The van der Waals surface area contributed by atoms with E-state index in [2.05, 4.69) is 9.98 Å². The first kappa shape index (κ1) is 22.4. The Morgan fingerprint density at radius 3 is 2.48 bits per heavy atom. The molecule has 1 amide bonds. The van der Waals surface area contributed by atoms with Gasteiger partial charge in [-0.3, -0.25) is 9.69 Å². The van der Waals surface area contributed by atoms with Crippen LogP contribution in [0.15, 0.2) is 76.8 Å². The molecule has 0 saturated carbocycles. The first-order valence-electron chi connectivity index (χ1n) is 10.3. The Labute approximate surface area is 196 Å². The zero-order chi connectivity index (χ0) is 23.2. The Morgan fingerprint density at radius 2 is 1.82 bits per heavy atom. The summed E-state index contributed by atoms with van der Waals surface area (Å²) < 4.78 is 16.3. The van der Waals surface area contributed by atoms with E-state index in [1.165, 1.54) is 11.8 Å². The van der Waals surface area contributed by atoms with E-state index in [0.717, 1.165) is 11.3 Å². The van der Waals surface area contributed by atoms with Gasteiger partial charge in [-0.2, -0.15) is 0 Å². The average Bonchev–Trinajstić information content (AvgIpc) is 3.15. The van der Waals surface area contributed by atoms with Crippen molar-refractivity contribution in [2.75, 3.05) is 25.7 Å². The summed E-state index contributed by atoms with van der Waals surface area (Å²) in [6, 6.07) is 18.3. The minimum absolute atomic E-state index is 0.184. The van der Waals surface area contributed by atoms with Crippen molar-refractivity contribution >= 4 is 40.4 Å². The van der Waals surface area contributed by atoms with Gasteiger partial charge in [-0.1, -0.05) is 6.07 Å². The first-order chi connectivity index (χ1) is 16.1. The van der Waals surface area contributed by atoms with Gasteiger partial charge >= 0.3 is 0 Å². The second-order valence-corrected chi connectivity index (χ2v) is 7.88. The summed E-state index contributed by atoms with van der Waals surface area (Å²) >= 11 is 1.28.